The van der Waals surface area contributed by atoms with E-state index in [2.05, 4.69) is 15.6 Å². The lowest BCUT2D eigenvalue weighted by atomic mass is 10.2. The van der Waals surface area contributed by atoms with Gasteiger partial charge in [-0.05, 0) is 31.2 Å². The Kier molecular flexibility index (Phi) is 4.24. The molecule has 0 atom stereocenters. The van der Waals surface area contributed by atoms with Gasteiger partial charge in [0.15, 0.2) is 0 Å². The van der Waals surface area contributed by atoms with E-state index in [1.165, 1.54) is 18.3 Å². The van der Waals surface area contributed by atoms with Crippen molar-refractivity contribution in [1.29, 1.82) is 0 Å². The topological polar surface area (TPSA) is 54.0 Å². The first-order valence-electron chi connectivity index (χ1n) is 6.07. The minimum atomic E-state index is -0.827. The van der Waals surface area contributed by atoms with E-state index in [1.807, 2.05) is 6.92 Å². The first-order valence-corrected chi connectivity index (χ1v) is 6.07. The molecule has 1 heterocycles. The number of benzene rings is 1. The maximum Gasteiger partial charge on any atom is 0.259 e. The number of anilines is 2. The van der Waals surface area contributed by atoms with Gasteiger partial charge in [0.05, 0.1) is 5.56 Å². The van der Waals surface area contributed by atoms with E-state index in [1.54, 1.807) is 6.07 Å². The summed E-state index contributed by atoms with van der Waals surface area (Å²) in [6.07, 6.45) is 1.53. The number of rotatable bonds is 4. The molecule has 0 aliphatic heterocycles. The third-order valence-electron chi connectivity index (χ3n) is 2.60. The lowest BCUT2D eigenvalue weighted by molar-refractivity contribution is 0.102. The Labute approximate surface area is 114 Å². The highest BCUT2D eigenvalue weighted by Gasteiger charge is 2.16. The molecule has 2 rings (SSSR count). The molecule has 0 saturated heterocycles. The van der Waals surface area contributed by atoms with Crippen LogP contribution in [0.25, 0.3) is 0 Å². The van der Waals surface area contributed by atoms with Crippen LogP contribution >= 0.6 is 0 Å². The van der Waals surface area contributed by atoms with Crippen LogP contribution < -0.4 is 10.6 Å². The fraction of sp³-hybridized carbons (Fsp3) is 0.143. The highest BCUT2D eigenvalue weighted by atomic mass is 19.1. The van der Waals surface area contributed by atoms with Crippen LogP contribution in [0.2, 0.25) is 0 Å². The molecule has 0 fully saturated rings. The van der Waals surface area contributed by atoms with Crippen molar-refractivity contribution in [3.05, 3.63) is 53.7 Å². The van der Waals surface area contributed by atoms with Gasteiger partial charge >= 0.3 is 0 Å². The van der Waals surface area contributed by atoms with Crippen molar-refractivity contribution in [3.63, 3.8) is 0 Å². The summed E-state index contributed by atoms with van der Waals surface area (Å²) in [5, 5.41) is 5.14. The maximum absolute atomic E-state index is 13.5. The van der Waals surface area contributed by atoms with Gasteiger partial charge in [0.25, 0.3) is 5.91 Å². The van der Waals surface area contributed by atoms with E-state index in [0.717, 1.165) is 12.1 Å². The van der Waals surface area contributed by atoms with Gasteiger partial charge in [-0.25, -0.2) is 13.8 Å². The Balaban J connectivity index is 2.29. The molecule has 4 nitrogen and oxygen atoms in total. The standard InChI is InChI=1S/C14H13F2N3O/c1-2-17-13-9(5-4-8-18-13)14(20)19-12-10(15)6-3-7-11(12)16/h3-8H,2H2,1H3,(H,17,18)(H,19,20). The average molecular weight is 277 g/mol. The number of pyridine rings is 1. The second-order valence-electron chi connectivity index (χ2n) is 3.98. The van der Waals surface area contributed by atoms with Gasteiger partial charge in [-0.3, -0.25) is 4.79 Å². The molecule has 0 aliphatic rings. The van der Waals surface area contributed by atoms with Crippen LogP contribution in [0.15, 0.2) is 36.5 Å². The van der Waals surface area contributed by atoms with Crippen molar-refractivity contribution in [2.45, 2.75) is 6.92 Å². The number of amides is 1. The molecule has 0 aliphatic carbocycles. The number of hydrogen-bond acceptors (Lipinski definition) is 3. The number of para-hydroxylation sites is 1. The summed E-state index contributed by atoms with van der Waals surface area (Å²) < 4.78 is 27.0. The Hall–Kier alpha value is -2.50. The fourth-order valence-electron chi connectivity index (χ4n) is 1.69. The molecular weight excluding hydrogens is 264 g/mol. The van der Waals surface area contributed by atoms with Gasteiger partial charge in [0.1, 0.15) is 23.1 Å². The third-order valence-corrected chi connectivity index (χ3v) is 2.60. The van der Waals surface area contributed by atoms with Crippen molar-refractivity contribution in [2.75, 3.05) is 17.2 Å². The predicted octanol–water partition coefficient (Wildman–Crippen LogP) is 3.04. The molecule has 0 radical (unpaired) electrons. The lowest BCUT2D eigenvalue weighted by Crippen LogP contribution is -2.17. The lowest BCUT2D eigenvalue weighted by Gasteiger charge is -2.10. The highest BCUT2D eigenvalue weighted by Crippen LogP contribution is 2.20. The molecule has 104 valence electrons. The van der Waals surface area contributed by atoms with Crippen LogP contribution in [0.5, 0.6) is 0 Å². The van der Waals surface area contributed by atoms with Crippen LogP contribution in [-0.4, -0.2) is 17.4 Å². The number of aromatic nitrogens is 1. The normalized spacial score (nSPS) is 10.2. The number of carbonyl (C=O) groups excluding carboxylic acids is 1. The van der Waals surface area contributed by atoms with E-state index >= 15 is 0 Å². The van der Waals surface area contributed by atoms with E-state index in [4.69, 9.17) is 0 Å². The van der Waals surface area contributed by atoms with Crippen molar-refractivity contribution in [3.8, 4) is 0 Å². The SMILES string of the molecule is CCNc1ncccc1C(=O)Nc1c(F)cccc1F. The Bertz CT molecular complexity index is 611. The quantitative estimate of drug-likeness (QED) is 0.903. The molecule has 0 spiro atoms. The summed E-state index contributed by atoms with van der Waals surface area (Å²) in [4.78, 5) is 16.1. The van der Waals surface area contributed by atoms with Gasteiger partial charge in [-0.15, -0.1) is 0 Å². The molecule has 0 unspecified atom stereocenters. The van der Waals surface area contributed by atoms with Crippen LogP contribution in [-0.2, 0) is 0 Å². The number of hydrogen-bond donors (Lipinski definition) is 2. The van der Waals surface area contributed by atoms with Crippen molar-refractivity contribution < 1.29 is 13.6 Å². The summed E-state index contributed by atoms with van der Waals surface area (Å²) >= 11 is 0. The average Bonchev–Trinajstić information content (AvgIpc) is 2.44. The largest absolute Gasteiger partial charge is 0.370 e. The molecule has 20 heavy (non-hydrogen) atoms. The summed E-state index contributed by atoms with van der Waals surface area (Å²) in [5.41, 5.74) is -0.249. The second kappa shape index (κ2) is 6.10. The summed E-state index contributed by atoms with van der Waals surface area (Å²) in [7, 11) is 0. The Morgan fingerprint density at radius 2 is 1.90 bits per heavy atom. The number of nitrogens with zero attached hydrogens (tertiary/aromatic N) is 1. The van der Waals surface area contributed by atoms with Crippen molar-refractivity contribution in [2.24, 2.45) is 0 Å². The van der Waals surface area contributed by atoms with Gasteiger partial charge in [0, 0.05) is 12.7 Å². The monoisotopic (exact) mass is 277 g/mol. The fourth-order valence-corrected chi connectivity index (χ4v) is 1.69. The minimum absolute atomic E-state index is 0.219. The molecule has 1 amide bonds. The molecule has 0 saturated carbocycles. The van der Waals surface area contributed by atoms with Gasteiger partial charge in [-0.1, -0.05) is 6.07 Å². The summed E-state index contributed by atoms with van der Waals surface area (Å²) in [6.45, 7) is 2.43. The third kappa shape index (κ3) is 2.90. The first kappa shape index (κ1) is 13.9. The Morgan fingerprint density at radius 1 is 1.20 bits per heavy atom. The van der Waals surface area contributed by atoms with Crippen molar-refractivity contribution >= 4 is 17.4 Å². The van der Waals surface area contributed by atoms with Crippen LogP contribution in [0, 0.1) is 11.6 Å². The van der Waals surface area contributed by atoms with Gasteiger partial charge in [-0.2, -0.15) is 0 Å². The van der Waals surface area contributed by atoms with Gasteiger partial charge < -0.3 is 10.6 Å². The highest BCUT2D eigenvalue weighted by molar-refractivity contribution is 6.07. The molecular formula is C14H13F2N3O. The molecule has 2 N–H and O–H groups in total. The second-order valence-corrected chi connectivity index (χ2v) is 3.98. The summed E-state index contributed by atoms with van der Waals surface area (Å²) in [6, 6.07) is 6.49. The zero-order valence-corrected chi connectivity index (χ0v) is 10.8. The molecule has 1 aromatic heterocycles. The number of carbonyl (C=O) groups is 1. The van der Waals surface area contributed by atoms with Crippen LogP contribution in [0.1, 0.15) is 17.3 Å². The number of halogens is 2. The van der Waals surface area contributed by atoms with E-state index in [9.17, 15) is 13.6 Å². The predicted molar refractivity (Wildman–Crippen MR) is 72.7 cm³/mol. The Morgan fingerprint density at radius 3 is 2.55 bits per heavy atom. The molecule has 6 heteroatoms. The zero-order chi connectivity index (χ0) is 14.5. The zero-order valence-electron chi connectivity index (χ0n) is 10.8. The van der Waals surface area contributed by atoms with Gasteiger partial charge in [0.2, 0.25) is 0 Å². The minimum Gasteiger partial charge on any atom is -0.370 e. The van der Waals surface area contributed by atoms with E-state index in [0.29, 0.717) is 12.4 Å². The molecule has 1 aromatic carbocycles. The van der Waals surface area contributed by atoms with E-state index < -0.39 is 23.2 Å². The number of nitrogens with one attached hydrogen (secondary N) is 2. The van der Waals surface area contributed by atoms with Crippen molar-refractivity contribution in [1.82, 2.24) is 4.98 Å². The molecule has 0 bridgehead atoms. The smallest absolute Gasteiger partial charge is 0.259 e. The maximum atomic E-state index is 13.5. The van der Waals surface area contributed by atoms with E-state index in [-0.39, 0.29) is 5.56 Å². The van der Waals surface area contributed by atoms with Crippen LogP contribution in [0.4, 0.5) is 20.3 Å². The summed E-state index contributed by atoms with van der Waals surface area (Å²) in [5.74, 6) is -1.92. The van der Waals surface area contributed by atoms with Crippen LogP contribution in [0.3, 0.4) is 0 Å². The first-order chi connectivity index (χ1) is 9.63. The molecule has 2 aromatic rings.